The van der Waals surface area contributed by atoms with Gasteiger partial charge in [0, 0.05) is 23.4 Å². The summed E-state index contributed by atoms with van der Waals surface area (Å²) in [4.78, 5) is 41.8. The summed E-state index contributed by atoms with van der Waals surface area (Å²) in [6.07, 6.45) is 1.53. The largest absolute Gasteiger partial charge is 0.479 e. The Morgan fingerprint density at radius 2 is 1.71 bits per heavy atom. The van der Waals surface area contributed by atoms with E-state index in [1.165, 1.54) is 16.2 Å². The predicted octanol–water partition coefficient (Wildman–Crippen LogP) is 3.09. The smallest absolute Gasteiger partial charge is 0.413 e. The lowest BCUT2D eigenvalue weighted by Crippen LogP contribution is -2.67. The molecular weight excluding hydrogens is 470 g/mol. The summed E-state index contributed by atoms with van der Waals surface area (Å²) in [5, 5.41) is 21.7. The van der Waals surface area contributed by atoms with E-state index >= 15 is 0 Å². The summed E-state index contributed by atoms with van der Waals surface area (Å²) in [5.74, 6) is -1.60. The van der Waals surface area contributed by atoms with E-state index in [4.69, 9.17) is 9.84 Å². The van der Waals surface area contributed by atoms with Crippen molar-refractivity contribution >= 4 is 34.4 Å². The van der Waals surface area contributed by atoms with Crippen molar-refractivity contribution in [2.45, 2.75) is 24.4 Å². The zero-order chi connectivity index (χ0) is 24.6. The maximum Gasteiger partial charge on any atom is 0.413 e. The number of fused-ring (bicyclic) bond motifs is 3. The van der Waals surface area contributed by atoms with Crippen molar-refractivity contribution < 1.29 is 29.3 Å². The highest BCUT2D eigenvalue weighted by Crippen LogP contribution is 2.44. The minimum absolute atomic E-state index is 0.0358. The van der Waals surface area contributed by atoms with E-state index in [0.717, 1.165) is 27.1 Å². The Bertz CT molecular complexity index is 1250. The van der Waals surface area contributed by atoms with Gasteiger partial charge in [-0.2, -0.15) is 0 Å². The predicted molar refractivity (Wildman–Crippen MR) is 128 cm³/mol. The second-order valence-corrected chi connectivity index (χ2v) is 9.78. The fourth-order valence-electron chi connectivity index (χ4n) is 4.49. The Balaban J connectivity index is 1.12. The number of β-amino-alcohol motifs (C(OH)–C–C–N with tert-alkyl or cyclic N) is 1. The summed E-state index contributed by atoms with van der Waals surface area (Å²) in [6.45, 7) is -0.220. The standard InChI is InChI=1S/C25H23N3O6S/c29-21(28-13-25(33,14-28)22(30)31)10-9-15-11-26-23(35-15)27-24(32)34-12-20-18-7-3-1-5-16(18)17-6-2-4-8-19(17)20/h1-8,11,20,33H,9-10,12-14H2,(H,30,31)(H,26,27,32). The summed E-state index contributed by atoms with van der Waals surface area (Å²) in [7, 11) is 0. The molecule has 0 unspecified atom stereocenters. The van der Waals surface area contributed by atoms with Crippen LogP contribution in [0.2, 0.25) is 0 Å². The number of aryl methyl sites for hydroxylation is 1. The number of anilines is 1. The highest BCUT2D eigenvalue weighted by molar-refractivity contribution is 7.15. The number of thiazole rings is 1. The van der Waals surface area contributed by atoms with Gasteiger partial charge in [0.2, 0.25) is 5.91 Å². The number of carbonyl (C=O) groups excluding carboxylic acids is 2. The van der Waals surface area contributed by atoms with E-state index in [1.807, 2.05) is 24.3 Å². The Morgan fingerprint density at radius 3 is 2.34 bits per heavy atom. The van der Waals surface area contributed by atoms with Gasteiger partial charge in [-0.3, -0.25) is 10.1 Å². The van der Waals surface area contributed by atoms with Crippen LogP contribution in [0.4, 0.5) is 9.93 Å². The zero-order valence-corrected chi connectivity index (χ0v) is 19.5. The van der Waals surface area contributed by atoms with Gasteiger partial charge in [0.15, 0.2) is 10.7 Å². The van der Waals surface area contributed by atoms with Gasteiger partial charge in [-0.1, -0.05) is 48.5 Å². The van der Waals surface area contributed by atoms with Gasteiger partial charge < -0.3 is 19.8 Å². The Morgan fingerprint density at radius 1 is 1.09 bits per heavy atom. The maximum atomic E-state index is 12.4. The number of hydrogen-bond acceptors (Lipinski definition) is 7. The molecule has 1 aliphatic carbocycles. The number of carbonyl (C=O) groups is 3. The Kier molecular flexibility index (Phi) is 6.00. The molecule has 10 heteroatoms. The van der Waals surface area contributed by atoms with Gasteiger partial charge in [0.05, 0.1) is 13.1 Å². The molecule has 2 amide bonds. The molecule has 0 spiro atoms. The van der Waals surface area contributed by atoms with Gasteiger partial charge in [-0.05, 0) is 28.7 Å². The SMILES string of the molecule is O=C(Nc1ncc(CCC(=O)N2CC(O)(C(=O)O)C2)s1)OCC1c2ccccc2-c2ccccc21. The number of aliphatic carboxylic acids is 1. The van der Waals surface area contributed by atoms with Gasteiger partial charge >= 0.3 is 12.1 Å². The number of nitrogens with one attached hydrogen (secondary N) is 1. The van der Waals surface area contributed by atoms with E-state index in [0.29, 0.717) is 11.6 Å². The van der Waals surface area contributed by atoms with Crippen LogP contribution < -0.4 is 5.32 Å². The lowest BCUT2D eigenvalue weighted by atomic mass is 9.94. The second kappa shape index (κ2) is 9.12. The first-order valence-electron chi connectivity index (χ1n) is 11.1. The van der Waals surface area contributed by atoms with Crippen LogP contribution >= 0.6 is 11.3 Å². The Labute approximate surface area is 205 Å². The summed E-state index contributed by atoms with van der Waals surface area (Å²) in [5.41, 5.74) is 2.72. The molecule has 9 nitrogen and oxygen atoms in total. The molecule has 0 saturated carbocycles. The first kappa shape index (κ1) is 23.0. The first-order chi connectivity index (χ1) is 16.8. The van der Waals surface area contributed by atoms with Gasteiger partial charge in [-0.15, -0.1) is 11.3 Å². The van der Waals surface area contributed by atoms with Gasteiger partial charge in [0.1, 0.15) is 6.61 Å². The lowest BCUT2D eigenvalue weighted by Gasteiger charge is -2.43. The number of carboxylic acids is 1. The van der Waals surface area contributed by atoms with Crippen molar-refractivity contribution in [2.24, 2.45) is 0 Å². The fourth-order valence-corrected chi connectivity index (χ4v) is 5.29. The van der Waals surface area contributed by atoms with Crippen molar-refractivity contribution in [2.75, 3.05) is 25.0 Å². The molecule has 0 radical (unpaired) electrons. The van der Waals surface area contributed by atoms with Crippen molar-refractivity contribution in [1.82, 2.24) is 9.88 Å². The molecule has 2 aliphatic rings. The van der Waals surface area contributed by atoms with Crippen LogP contribution in [0.1, 0.15) is 28.3 Å². The number of ether oxygens (including phenoxy) is 1. The van der Waals surface area contributed by atoms with Crippen molar-refractivity contribution in [3.05, 3.63) is 70.7 Å². The molecule has 35 heavy (non-hydrogen) atoms. The number of amides is 2. The van der Waals surface area contributed by atoms with Crippen molar-refractivity contribution in [3.8, 4) is 11.1 Å². The highest BCUT2D eigenvalue weighted by atomic mass is 32.1. The summed E-state index contributed by atoms with van der Waals surface area (Å²) in [6, 6.07) is 16.2. The number of rotatable bonds is 7. The third-order valence-electron chi connectivity index (χ3n) is 6.35. The molecule has 0 bridgehead atoms. The molecule has 0 atom stereocenters. The minimum Gasteiger partial charge on any atom is -0.479 e. The number of aromatic nitrogens is 1. The molecular formula is C25H23N3O6S. The van der Waals surface area contributed by atoms with E-state index in [-0.39, 0.29) is 37.9 Å². The summed E-state index contributed by atoms with van der Waals surface area (Å²) >= 11 is 1.24. The van der Waals surface area contributed by atoms with E-state index in [2.05, 4.69) is 34.6 Å². The maximum absolute atomic E-state index is 12.4. The van der Waals surface area contributed by atoms with Crippen molar-refractivity contribution in [1.29, 1.82) is 0 Å². The van der Waals surface area contributed by atoms with Crippen LogP contribution in [0.3, 0.4) is 0 Å². The van der Waals surface area contributed by atoms with Crippen LogP contribution in [0.15, 0.2) is 54.7 Å². The summed E-state index contributed by atoms with van der Waals surface area (Å²) < 4.78 is 5.53. The molecule has 180 valence electrons. The zero-order valence-electron chi connectivity index (χ0n) is 18.6. The molecule has 1 fully saturated rings. The molecule has 1 aliphatic heterocycles. The number of benzene rings is 2. The normalized spacial score (nSPS) is 15.6. The van der Waals surface area contributed by atoms with Crippen LogP contribution in [0.25, 0.3) is 11.1 Å². The van der Waals surface area contributed by atoms with E-state index in [9.17, 15) is 19.5 Å². The quantitative estimate of drug-likeness (QED) is 0.461. The molecule has 5 rings (SSSR count). The number of likely N-dealkylation sites (tertiary alicyclic amines) is 1. The van der Waals surface area contributed by atoms with Gasteiger partial charge in [0.25, 0.3) is 0 Å². The molecule has 2 aromatic carbocycles. The number of nitrogens with zero attached hydrogens (tertiary/aromatic N) is 2. The van der Waals surface area contributed by atoms with E-state index < -0.39 is 17.7 Å². The Hall–Kier alpha value is -3.76. The molecule has 3 N–H and O–H groups in total. The number of aliphatic hydroxyl groups is 1. The van der Waals surface area contributed by atoms with Crippen LogP contribution in [-0.4, -0.2) is 63.4 Å². The fraction of sp³-hybridized carbons (Fsp3) is 0.280. The van der Waals surface area contributed by atoms with Crippen molar-refractivity contribution in [3.63, 3.8) is 0 Å². The van der Waals surface area contributed by atoms with E-state index in [1.54, 1.807) is 6.20 Å². The van der Waals surface area contributed by atoms with Crippen LogP contribution in [0, 0.1) is 0 Å². The third kappa shape index (κ3) is 4.50. The number of carboxylic acid groups (broad SMARTS) is 1. The average Bonchev–Trinajstić information content (AvgIpc) is 3.41. The molecule has 1 saturated heterocycles. The highest BCUT2D eigenvalue weighted by Gasteiger charge is 2.49. The average molecular weight is 494 g/mol. The topological polar surface area (TPSA) is 129 Å². The molecule has 1 aromatic heterocycles. The second-order valence-electron chi connectivity index (χ2n) is 8.67. The monoisotopic (exact) mass is 493 g/mol. The molecule has 3 aromatic rings. The van der Waals surface area contributed by atoms with Crippen LogP contribution in [0.5, 0.6) is 0 Å². The third-order valence-corrected chi connectivity index (χ3v) is 7.32. The van der Waals surface area contributed by atoms with Crippen LogP contribution in [-0.2, 0) is 20.7 Å². The number of hydrogen-bond donors (Lipinski definition) is 3. The lowest BCUT2D eigenvalue weighted by molar-refractivity contribution is -0.182. The van der Waals surface area contributed by atoms with Gasteiger partial charge in [-0.25, -0.2) is 14.6 Å². The molecule has 2 heterocycles. The first-order valence-corrected chi connectivity index (χ1v) is 12.0. The minimum atomic E-state index is -1.85.